The summed E-state index contributed by atoms with van der Waals surface area (Å²) in [6.45, 7) is 5.60. The fourth-order valence-electron chi connectivity index (χ4n) is 7.63. The second-order valence-corrected chi connectivity index (χ2v) is 15.5. The first-order valence-corrected chi connectivity index (χ1v) is 20.5. The van der Waals surface area contributed by atoms with Crippen LogP contribution in [0.5, 0.6) is 0 Å². The third kappa shape index (κ3) is 10.8. The molecule has 3 N–H and O–H groups in total. The Labute approximate surface area is 354 Å². The molecule has 3 aliphatic heterocycles. The van der Waals surface area contributed by atoms with Gasteiger partial charge in [0.2, 0.25) is 0 Å². The summed E-state index contributed by atoms with van der Waals surface area (Å²) in [6, 6.07) is 14.2. The Hall–Kier alpha value is -5.66. The van der Waals surface area contributed by atoms with Crippen LogP contribution in [0.3, 0.4) is 0 Å². The lowest BCUT2D eigenvalue weighted by molar-refractivity contribution is -0.141. The molecule has 1 atom stereocenters. The molecule has 5 heterocycles. The van der Waals surface area contributed by atoms with Crippen molar-refractivity contribution < 1.29 is 41.8 Å². The van der Waals surface area contributed by atoms with E-state index < -0.39 is 47.9 Å². The van der Waals surface area contributed by atoms with Crippen molar-refractivity contribution in [2.24, 2.45) is 0 Å². The number of H-pyrrole nitrogens is 1. The number of morpholine rings is 1. The number of alkyl halides is 3. The summed E-state index contributed by atoms with van der Waals surface area (Å²) < 4.78 is 59.7. The molecule has 0 spiro atoms. The van der Waals surface area contributed by atoms with Crippen LogP contribution >= 0.6 is 11.6 Å². The molecular formula is C41H47ClF3N9O7. The quantitative estimate of drug-likeness (QED) is 0.116. The van der Waals surface area contributed by atoms with Crippen LogP contribution in [-0.4, -0.2) is 137 Å². The number of carbonyl (C=O) groups excluding carboxylic acids is 3. The molecule has 2 amide bonds. The summed E-state index contributed by atoms with van der Waals surface area (Å²) in [4.78, 5) is 67.5. The number of aromatic amines is 1. The van der Waals surface area contributed by atoms with E-state index in [1.54, 1.807) is 12.1 Å². The molecule has 0 radical (unpaired) electrons. The van der Waals surface area contributed by atoms with E-state index in [9.17, 15) is 32.3 Å². The van der Waals surface area contributed by atoms with Crippen molar-refractivity contribution in [1.82, 2.24) is 34.4 Å². The minimum Gasteiger partial charge on any atom is -0.462 e. The molecule has 3 fully saturated rings. The van der Waals surface area contributed by atoms with Crippen molar-refractivity contribution in [2.75, 3.05) is 89.4 Å². The Kier molecular flexibility index (Phi) is 13.8. The molecule has 2 aromatic heterocycles. The highest BCUT2D eigenvalue weighted by atomic mass is 35.5. The number of pyridine rings is 1. The van der Waals surface area contributed by atoms with Crippen LogP contribution in [0, 0.1) is 0 Å². The number of nitrogens with zero attached hydrogens (tertiary/aromatic N) is 7. The Morgan fingerprint density at radius 1 is 0.951 bits per heavy atom. The van der Waals surface area contributed by atoms with Gasteiger partial charge in [-0.3, -0.25) is 14.7 Å². The summed E-state index contributed by atoms with van der Waals surface area (Å²) in [5.41, 5.74) is 4.52. The van der Waals surface area contributed by atoms with E-state index in [2.05, 4.69) is 20.0 Å². The van der Waals surface area contributed by atoms with Crippen LogP contribution in [0.4, 0.5) is 29.5 Å². The number of anilines is 2. The smallest absolute Gasteiger partial charge is 0.418 e. The SMILES string of the molecule is Nc1c(Cl)cc(C[C@@H](OC(=O)N2CCC(n3nc(-c4ccccc4)[nH]c3=O)CC2)C(=O)N2CCN(c3ccc(C(=O)OCCCN4CCOCC4)cn3)CC2)cc1C(F)(F)F. The number of nitrogen functional groups attached to an aromatic ring is 1. The number of hydrogen-bond acceptors (Lipinski definition) is 12. The lowest BCUT2D eigenvalue weighted by Gasteiger charge is -2.37. The van der Waals surface area contributed by atoms with Gasteiger partial charge in [0.1, 0.15) is 5.82 Å². The normalized spacial score (nSPS) is 17.3. The number of carbonyl (C=O) groups is 3. The predicted molar refractivity (Wildman–Crippen MR) is 218 cm³/mol. The monoisotopic (exact) mass is 869 g/mol. The standard InChI is InChI=1S/C41H47ClF3N9O7/c42-32-24-27(23-31(35(32)46)41(43,44)45)25-33(61-40(58)53-12-9-30(10-13-53)54-39(57)48-36(49-54)28-5-2-1-3-6-28)37(55)52-16-14-51(15-17-52)34-8-7-29(26-47-34)38(56)60-20-4-11-50-18-21-59-22-19-50/h1-3,5-8,23-24,26,30,33H,4,9-22,25,46H2,(H,48,49,57)/t33-/m1/s1. The van der Waals surface area contributed by atoms with E-state index in [1.807, 2.05) is 35.2 Å². The Morgan fingerprint density at radius 3 is 2.34 bits per heavy atom. The number of esters is 1. The molecule has 326 valence electrons. The summed E-state index contributed by atoms with van der Waals surface area (Å²) in [6.07, 6.45) is -4.68. The molecule has 2 aromatic carbocycles. The highest BCUT2D eigenvalue weighted by molar-refractivity contribution is 6.33. The van der Waals surface area contributed by atoms with Crippen LogP contribution in [0.1, 0.15) is 46.8 Å². The van der Waals surface area contributed by atoms with Gasteiger partial charge >= 0.3 is 23.9 Å². The van der Waals surface area contributed by atoms with E-state index in [0.717, 1.165) is 31.3 Å². The summed E-state index contributed by atoms with van der Waals surface area (Å²) in [5, 5.41) is 4.13. The van der Waals surface area contributed by atoms with Gasteiger partial charge in [-0.05, 0) is 49.1 Å². The third-order valence-electron chi connectivity index (χ3n) is 11.0. The summed E-state index contributed by atoms with van der Waals surface area (Å²) in [7, 11) is 0. The van der Waals surface area contributed by atoms with Crippen molar-refractivity contribution in [3.05, 3.63) is 93.0 Å². The molecule has 4 aromatic rings. The van der Waals surface area contributed by atoms with Gasteiger partial charge < -0.3 is 34.6 Å². The number of ether oxygens (including phenoxy) is 3. The van der Waals surface area contributed by atoms with Gasteiger partial charge in [0.25, 0.3) is 5.91 Å². The van der Waals surface area contributed by atoms with E-state index in [0.29, 0.717) is 62.8 Å². The topological polar surface area (TPSA) is 181 Å². The minimum atomic E-state index is -4.82. The van der Waals surface area contributed by atoms with Crippen LogP contribution in [0.2, 0.25) is 5.02 Å². The highest BCUT2D eigenvalue weighted by Gasteiger charge is 2.37. The van der Waals surface area contributed by atoms with E-state index in [1.165, 1.54) is 26.7 Å². The first-order valence-electron chi connectivity index (χ1n) is 20.2. The second kappa shape index (κ2) is 19.4. The number of aromatic nitrogens is 4. The van der Waals surface area contributed by atoms with Gasteiger partial charge in [0, 0.05) is 77.1 Å². The van der Waals surface area contributed by atoms with Gasteiger partial charge in [-0.15, -0.1) is 5.10 Å². The Morgan fingerprint density at radius 2 is 1.67 bits per heavy atom. The van der Waals surface area contributed by atoms with Crippen LogP contribution in [0.25, 0.3) is 11.4 Å². The zero-order valence-corrected chi connectivity index (χ0v) is 34.1. The molecule has 61 heavy (non-hydrogen) atoms. The summed E-state index contributed by atoms with van der Waals surface area (Å²) in [5.74, 6) is -0.0762. The molecule has 0 bridgehead atoms. The number of likely N-dealkylation sites (tertiary alicyclic amines) is 1. The van der Waals surface area contributed by atoms with Crippen molar-refractivity contribution in [3.63, 3.8) is 0 Å². The molecule has 16 nitrogen and oxygen atoms in total. The number of nitrogens with two attached hydrogens (primary N) is 1. The number of halogens is 4. The molecule has 7 rings (SSSR count). The predicted octanol–water partition coefficient (Wildman–Crippen LogP) is 4.50. The molecule has 3 saturated heterocycles. The maximum Gasteiger partial charge on any atom is 0.418 e. The number of hydrogen-bond donors (Lipinski definition) is 2. The zero-order chi connectivity index (χ0) is 43.1. The van der Waals surface area contributed by atoms with E-state index in [4.69, 9.17) is 31.5 Å². The van der Waals surface area contributed by atoms with Crippen molar-refractivity contribution >= 4 is 41.1 Å². The van der Waals surface area contributed by atoms with Crippen molar-refractivity contribution in [3.8, 4) is 11.4 Å². The number of amides is 2. The molecule has 0 unspecified atom stereocenters. The maximum absolute atomic E-state index is 14.1. The third-order valence-corrected chi connectivity index (χ3v) is 11.4. The number of piperidine rings is 1. The first-order chi connectivity index (χ1) is 29.3. The number of rotatable bonds is 12. The summed E-state index contributed by atoms with van der Waals surface area (Å²) >= 11 is 6.12. The molecular weight excluding hydrogens is 823 g/mol. The van der Waals surface area contributed by atoms with Crippen LogP contribution in [-0.2, 0) is 31.6 Å². The van der Waals surface area contributed by atoms with Gasteiger partial charge in [-0.2, -0.15) is 13.2 Å². The first kappa shape index (κ1) is 43.4. The maximum atomic E-state index is 14.1. The number of benzene rings is 2. The van der Waals surface area contributed by atoms with Crippen molar-refractivity contribution in [1.29, 1.82) is 0 Å². The molecule has 0 saturated carbocycles. The average molecular weight is 870 g/mol. The molecule has 0 aliphatic carbocycles. The largest absolute Gasteiger partial charge is 0.462 e. The van der Waals surface area contributed by atoms with Crippen molar-refractivity contribution in [2.45, 2.75) is 44.0 Å². The molecule has 20 heteroatoms. The number of nitrogens with one attached hydrogen (secondary N) is 1. The van der Waals surface area contributed by atoms with Gasteiger partial charge in [0.15, 0.2) is 11.9 Å². The van der Waals surface area contributed by atoms with Gasteiger partial charge in [0.05, 0.1) is 47.7 Å². The van der Waals surface area contributed by atoms with Gasteiger partial charge in [-0.1, -0.05) is 41.9 Å². The molecule has 3 aliphatic rings. The van der Waals surface area contributed by atoms with E-state index >= 15 is 0 Å². The zero-order valence-electron chi connectivity index (χ0n) is 33.3. The highest BCUT2D eigenvalue weighted by Crippen LogP contribution is 2.38. The second-order valence-electron chi connectivity index (χ2n) is 15.1. The fourth-order valence-corrected chi connectivity index (χ4v) is 7.88. The van der Waals surface area contributed by atoms with Crippen LogP contribution < -0.4 is 16.3 Å². The van der Waals surface area contributed by atoms with Gasteiger partial charge in [-0.25, -0.2) is 24.0 Å². The fraction of sp³-hybridized carbons (Fsp3) is 0.463. The van der Waals surface area contributed by atoms with E-state index in [-0.39, 0.29) is 55.1 Å². The minimum absolute atomic E-state index is 0.00191. The lowest BCUT2D eigenvalue weighted by atomic mass is 10.0. The van der Waals surface area contributed by atoms with Crippen LogP contribution in [0.15, 0.2) is 65.6 Å². The Bertz CT molecular complexity index is 2200. The Balaban J connectivity index is 0.971. The average Bonchev–Trinajstić information content (AvgIpc) is 3.67. The lowest BCUT2D eigenvalue weighted by Crippen LogP contribution is -2.53. The number of piperazine rings is 1.